The highest BCUT2D eigenvalue weighted by Gasteiger charge is 2.51. The summed E-state index contributed by atoms with van der Waals surface area (Å²) >= 11 is 0. The number of nitrogens with one attached hydrogen (secondary N) is 2. The summed E-state index contributed by atoms with van der Waals surface area (Å²) in [5, 5.41) is 123. The number of aliphatic hydroxyl groups excluding tert-OH is 10. The van der Waals surface area contributed by atoms with Gasteiger partial charge in [-0.05, 0) is 26.2 Å². The van der Waals surface area contributed by atoms with Crippen LogP contribution in [0.1, 0.15) is 77.8 Å². The van der Waals surface area contributed by atoms with Crippen LogP contribution in [0, 0.1) is 17.8 Å². The number of amides is 1. The topological polar surface area (TPSA) is 387 Å². The number of carbonyl (C=O) groups excluding carboxylic acids is 3. The third-order valence-electron chi connectivity index (χ3n) is 13.6. The second-order valence-electron chi connectivity index (χ2n) is 19.8. The summed E-state index contributed by atoms with van der Waals surface area (Å²) in [7, 11) is 1.11. The van der Waals surface area contributed by atoms with E-state index in [0.717, 1.165) is 7.11 Å². The molecule has 0 radical (unpaired) electrons. The third kappa shape index (κ3) is 20.5. The monoisotopic (exact) mass is 1080 g/mol. The van der Waals surface area contributed by atoms with Gasteiger partial charge in [0.1, 0.15) is 24.4 Å². The smallest absolute Gasteiger partial charge is 0.328 e. The number of nitrogens with zero attached hydrogens (tertiary/aromatic N) is 1. The van der Waals surface area contributed by atoms with Crippen molar-refractivity contribution in [2.75, 3.05) is 7.11 Å². The number of esters is 2. The Bertz CT molecular complexity index is 2140. The van der Waals surface area contributed by atoms with Crippen molar-refractivity contribution in [3.05, 3.63) is 103 Å². The van der Waals surface area contributed by atoms with E-state index in [2.05, 4.69) is 15.3 Å². The maximum absolute atomic E-state index is 14.3. The van der Waals surface area contributed by atoms with Gasteiger partial charge < -0.3 is 95.9 Å². The lowest BCUT2D eigenvalue weighted by molar-refractivity contribution is -0.331. The number of methoxy groups -OCH3 is 1. The van der Waals surface area contributed by atoms with Crippen molar-refractivity contribution in [2.45, 2.75) is 182 Å². The molecule has 15 N–H and O–H groups in total. The van der Waals surface area contributed by atoms with Gasteiger partial charge in [-0.25, -0.2) is 9.78 Å². The largest absolute Gasteiger partial charge is 0.467 e. The summed E-state index contributed by atoms with van der Waals surface area (Å²) in [5.41, 5.74) is 6.42. The number of hydrogen-bond acceptors (Lipinski definition) is 21. The van der Waals surface area contributed by atoms with E-state index in [1.54, 1.807) is 80.7 Å². The number of aromatic amines is 1. The Morgan fingerprint density at radius 2 is 1.39 bits per heavy atom. The van der Waals surface area contributed by atoms with Gasteiger partial charge in [0, 0.05) is 55.8 Å². The molecule has 0 saturated carbocycles. The molecule has 23 heteroatoms. The zero-order chi connectivity index (χ0) is 56.1. The van der Waals surface area contributed by atoms with E-state index in [1.807, 2.05) is 13.0 Å². The first-order valence-corrected chi connectivity index (χ1v) is 25.5. The molecule has 1 amide bonds. The molecule has 2 bridgehead atoms. The van der Waals surface area contributed by atoms with Gasteiger partial charge in [0.2, 0.25) is 5.91 Å². The van der Waals surface area contributed by atoms with E-state index in [1.165, 1.54) is 24.7 Å². The van der Waals surface area contributed by atoms with Gasteiger partial charge in [-0.2, -0.15) is 0 Å². The fourth-order valence-electron chi connectivity index (χ4n) is 9.01. The Kier molecular flexibility index (Phi) is 26.5. The molecular formula is C53H80N4O19. The number of allylic oxidation sites excluding steroid dienone is 12. The molecule has 4 rings (SSSR count). The summed E-state index contributed by atoms with van der Waals surface area (Å²) in [5.74, 6) is -7.32. The number of carbonyl (C=O) groups is 3. The lowest BCUT2D eigenvalue weighted by atomic mass is 9.82. The number of ether oxygens (including phenoxy) is 5. The van der Waals surface area contributed by atoms with E-state index in [9.17, 15) is 70.6 Å². The Balaban J connectivity index is 1.65. The number of nitrogens with two attached hydrogens (primary N) is 1. The van der Waals surface area contributed by atoms with Crippen LogP contribution in [0.2, 0.25) is 0 Å². The highest BCUT2D eigenvalue weighted by atomic mass is 16.7. The van der Waals surface area contributed by atoms with Crippen molar-refractivity contribution in [3.8, 4) is 0 Å². The van der Waals surface area contributed by atoms with Crippen LogP contribution in [-0.2, 0) is 44.5 Å². The fourth-order valence-corrected chi connectivity index (χ4v) is 9.01. The van der Waals surface area contributed by atoms with Gasteiger partial charge in [0.25, 0.3) is 0 Å². The number of imidazole rings is 1. The number of aromatic nitrogens is 2. The predicted molar refractivity (Wildman–Crippen MR) is 272 cm³/mol. The normalized spacial score (nSPS) is 40.9. The summed E-state index contributed by atoms with van der Waals surface area (Å²) in [6.45, 7) is 5.18. The summed E-state index contributed by atoms with van der Waals surface area (Å²) in [4.78, 5) is 46.7. The average Bonchev–Trinajstić information content (AvgIpc) is 3.88. The molecule has 76 heavy (non-hydrogen) atoms. The van der Waals surface area contributed by atoms with Crippen LogP contribution in [0.15, 0.2) is 97.6 Å². The predicted octanol–water partition coefficient (Wildman–Crippen LogP) is -0.819. The number of aliphatic hydroxyl groups is 11. The van der Waals surface area contributed by atoms with Crippen LogP contribution in [0.5, 0.6) is 0 Å². The average molecular weight is 1080 g/mol. The van der Waals surface area contributed by atoms with E-state index >= 15 is 0 Å². The summed E-state index contributed by atoms with van der Waals surface area (Å²) in [6, 6.07) is -2.75. The van der Waals surface area contributed by atoms with Crippen molar-refractivity contribution >= 4 is 17.8 Å². The Morgan fingerprint density at radius 1 is 0.776 bits per heavy atom. The molecule has 20 atom stereocenters. The molecule has 2 fully saturated rings. The van der Waals surface area contributed by atoms with Crippen molar-refractivity contribution in [1.29, 1.82) is 0 Å². The molecule has 0 aliphatic carbocycles. The summed E-state index contributed by atoms with van der Waals surface area (Å²) < 4.78 is 28.1. The Hall–Kier alpha value is -4.80. The van der Waals surface area contributed by atoms with Crippen LogP contribution < -0.4 is 11.1 Å². The lowest BCUT2D eigenvalue weighted by Gasteiger charge is -2.46. The molecule has 23 nitrogen and oxygen atoms in total. The molecule has 1 aromatic rings. The van der Waals surface area contributed by atoms with E-state index in [4.69, 9.17) is 29.4 Å². The van der Waals surface area contributed by atoms with Crippen LogP contribution in [0.3, 0.4) is 0 Å². The lowest BCUT2D eigenvalue weighted by Crippen LogP contribution is -2.62. The maximum Gasteiger partial charge on any atom is 0.328 e. The molecule has 426 valence electrons. The van der Waals surface area contributed by atoms with Crippen LogP contribution >= 0.6 is 0 Å². The SMILES string of the molecule is COC(=O)[C@H](Cc1cnc[nH]1)NC(=O)[C@H]1[C@@H]2C[C@@H](OC3O[C@H](O)[C@@H](O)[C@H](N)[C@@H]3O)/C=C/C=C/C=C/C=C/C=C/C=C/C=C/[C@H](C)[C@@H](O)[C@@H](C)[C@H](C)OC(=O)C[C@H](O)C[C@H](O)CC[C@@H](O)[C@H](O)C[C@H](O)C[C@](O)(C[C@@H]1O)O2. The number of hydrogen-bond donors (Lipinski definition) is 14. The highest BCUT2D eigenvalue weighted by molar-refractivity contribution is 5.86. The standard InChI is InChI=1S/C53H80N4O19/c1-30-17-15-13-11-9-7-5-6-8-10-12-14-16-18-37(74-52-48(67)45(54)47(66)51(70)75-52)25-42-44(49(68)57-38(50(69)72-4)21-33-28-55-29-56-33)41(63)27-53(71,76-42)26-36(60)23-40(62)39(61)20-19-34(58)22-35(59)24-43(64)73-32(3)31(2)46(30)65/h5-18,28-32,34-42,44-48,51-52,58-63,65-67,70-71H,19-27,54H2,1-4H3,(H,55,56)(H,57,68)/b6-5+,9-7+,10-8+,13-11+,14-12+,17-15+,18-16+/t30-,31-,32-,34+,35+,36-,37-,38-,39+,40+,41-,42-,44+,45-,46+,47-,48-,51-,52?,53+/m0/s1. The van der Waals surface area contributed by atoms with E-state index in [0.29, 0.717) is 5.69 Å². The summed E-state index contributed by atoms with van der Waals surface area (Å²) in [6.07, 6.45) is 2.67. The van der Waals surface area contributed by atoms with Crippen molar-refractivity contribution in [2.24, 2.45) is 23.5 Å². The minimum Gasteiger partial charge on any atom is -0.467 e. The zero-order valence-corrected chi connectivity index (χ0v) is 43.3. The molecular weight excluding hydrogens is 997 g/mol. The van der Waals surface area contributed by atoms with Gasteiger partial charge in [-0.3, -0.25) is 9.59 Å². The number of fused-ring (bicyclic) bond motifs is 2. The first kappa shape index (κ1) is 63.7. The van der Waals surface area contributed by atoms with Gasteiger partial charge in [-0.1, -0.05) is 98.9 Å². The van der Waals surface area contributed by atoms with E-state index < -0.39 is 165 Å². The first-order chi connectivity index (χ1) is 36.0. The minimum atomic E-state index is -2.43. The van der Waals surface area contributed by atoms with Gasteiger partial charge in [-0.15, -0.1) is 0 Å². The fraction of sp³-hybridized carbons (Fsp3) is 0.623. The van der Waals surface area contributed by atoms with Crippen molar-refractivity contribution in [3.63, 3.8) is 0 Å². The molecule has 0 aromatic carbocycles. The quantitative estimate of drug-likeness (QED) is 0.148. The second-order valence-corrected chi connectivity index (χ2v) is 19.8. The van der Waals surface area contributed by atoms with E-state index in [-0.39, 0.29) is 31.6 Å². The minimum absolute atomic E-state index is 0.109. The molecule has 3 aliphatic heterocycles. The maximum atomic E-state index is 14.3. The van der Waals surface area contributed by atoms with Gasteiger partial charge in [0.05, 0.1) is 86.8 Å². The second kappa shape index (κ2) is 31.6. The molecule has 1 aromatic heterocycles. The van der Waals surface area contributed by atoms with Crippen LogP contribution in [-0.4, -0.2) is 195 Å². The Labute approximate surface area is 442 Å². The molecule has 0 spiro atoms. The van der Waals surface area contributed by atoms with Crippen molar-refractivity contribution < 1.29 is 94.2 Å². The molecule has 1 unspecified atom stereocenters. The number of rotatable bonds is 7. The molecule has 3 aliphatic rings. The zero-order valence-electron chi connectivity index (χ0n) is 43.3. The van der Waals surface area contributed by atoms with Crippen molar-refractivity contribution in [1.82, 2.24) is 15.3 Å². The third-order valence-corrected chi connectivity index (χ3v) is 13.6. The van der Waals surface area contributed by atoms with Gasteiger partial charge in [0.15, 0.2) is 18.4 Å². The number of H-pyrrole nitrogens is 1. The molecule has 4 heterocycles. The van der Waals surface area contributed by atoms with Crippen LogP contribution in [0.25, 0.3) is 0 Å². The first-order valence-electron chi connectivity index (χ1n) is 25.5. The van der Waals surface area contributed by atoms with Gasteiger partial charge >= 0.3 is 11.9 Å². The highest BCUT2D eigenvalue weighted by Crippen LogP contribution is 2.38. The molecule has 2 saturated heterocycles. The Morgan fingerprint density at radius 3 is 2.00 bits per heavy atom. The van der Waals surface area contributed by atoms with Crippen LogP contribution in [0.4, 0.5) is 0 Å². The number of cyclic esters (lactones) is 1.